The number of aliphatic hydroxyl groups excluding tert-OH is 1. The molecule has 0 spiro atoms. The van der Waals surface area contributed by atoms with Gasteiger partial charge >= 0.3 is 0 Å². The van der Waals surface area contributed by atoms with Crippen molar-refractivity contribution in [3.8, 4) is 0 Å². The molecule has 0 radical (unpaired) electrons. The van der Waals surface area contributed by atoms with Gasteiger partial charge in [-0.05, 0) is 49.8 Å². The van der Waals surface area contributed by atoms with Crippen LogP contribution in [0.1, 0.15) is 80.4 Å². The molecule has 6 N–H and O–H groups in total. The van der Waals surface area contributed by atoms with Crippen LogP contribution in [0.25, 0.3) is 0 Å². The van der Waals surface area contributed by atoms with Crippen molar-refractivity contribution in [1.29, 1.82) is 0 Å². The van der Waals surface area contributed by atoms with Crippen LogP contribution < -0.4 is 16.8 Å². The SMILES string of the molecule is CC(C)c1nc(C(C)NC(=O)C(C(=O)C(Cc2ccccc2)CC(O)CC(N)c2ccccc2)C(C)CN)cs1. The molecule has 40 heavy (non-hydrogen) atoms. The summed E-state index contributed by atoms with van der Waals surface area (Å²) in [5.74, 6) is -2.16. The molecule has 0 saturated carbocycles. The molecule has 7 nitrogen and oxygen atoms in total. The maximum atomic E-state index is 14.1. The molecule has 0 aliphatic carbocycles. The number of aromatic nitrogens is 1. The van der Waals surface area contributed by atoms with Crippen LogP contribution in [-0.4, -0.2) is 34.4 Å². The van der Waals surface area contributed by atoms with Gasteiger partial charge in [-0.25, -0.2) is 4.98 Å². The second-order valence-corrected chi connectivity index (χ2v) is 12.0. The molecule has 1 amide bonds. The van der Waals surface area contributed by atoms with Crippen LogP contribution >= 0.6 is 11.3 Å². The van der Waals surface area contributed by atoms with Crippen LogP contribution in [0.4, 0.5) is 0 Å². The van der Waals surface area contributed by atoms with E-state index in [0.29, 0.717) is 18.8 Å². The molecule has 0 aliphatic rings. The van der Waals surface area contributed by atoms with Crippen molar-refractivity contribution < 1.29 is 14.7 Å². The van der Waals surface area contributed by atoms with Crippen molar-refractivity contribution in [2.75, 3.05) is 6.54 Å². The minimum atomic E-state index is -0.945. The highest BCUT2D eigenvalue weighted by molar-refractivity contribution is 7.09. The van der Waals surface area contributed by atoms with Crippen LogP contribution in [0.3, 0.4) is 0 Å². The normalized spacial score (nSPS) is 16.1. The summed E-state index contributed by atoms with van der Waals surface area (Å²) in [6.07, 6.45) is 0.116. The first-order valence-electron chi connectivity index (χ1n) is 14.1. The van der Waals surface area contributed by atoms with Gasteiger partial charge < -0.3 is 21.9 Å². The Morgan fingerprint density at radius 1 is 0.975 bits per heavy atom. The molecule has 0 fully saturated rings. The van der Waals surface area contributed by atoms with Crippen molar-refractivity contribution in [3.05, 3.63) is 87.9 Å². The number of aliphatic hydroxyl groups is 1. The summed E-state index contributed by atoms with van der Waals surface area (Å²) in [5.41, 5.74) is 15.1. The van der Waals surface area contributed by atoms with E-state index in [2.05, 4.69) is 24.1 Å². The average molecular weight is 565 g/mol. The van der Waals surface area contributed by atoms with Gasteiger partial charge in [-0.3, -0.25) is 9.59 Å². The van der Waals surface area contributed by atoms with E-state index in [-0.39, 0.29) is 42.7 Å². The third-order valence-electron chi connectivity index (χ3n) is 7.40. The molecule has 6 unspecified atom stereocenters. The number of ketones is 1. The number of amides is 1. The minimum absolute atomic E-state index is 0.186. The summed E-state index contributed by atoms with van der Waals surface area (Å²) < 4.78 is 0. The van der Waals surface area contributed by atoms with Crippen LogP contribution in [-0.2, 0) is 16.0 Å². The molecule has 2 aromatic carbocycles. The molecular weight excluding hydrogens is 520 g/mol. The molecular formula is C32H44N4O3S. The Labute approximate surface area is 242 Å². The van der Waals surface area contributed by atoms with E-state index in [1.165, 1.54) is 0 Å². The van der Waals surface area contributed by atoms with Gasteiger partial charge in [0.25, 0.3) is 0 Å². The number of hydrogen-bond acceptors (Lipinski definition) is 7. The van der Waals surface area contributed by atoms with E-state index >= 15 is 0 Å². The first-order chi connectivity index (χ1) is 19.1. The second-order valence-electron chi connectivity index (χ2n) is 11.1. The maximum Gasteiger partial charge on any atom is 0.231 e. The standard InChI is InChI=1S/C32H44N4O3S/c1-20(2)32-36-28(19-40-32)22(4)35-31(39)29(21(3)18-33)30(38)25(15-23-11-7-5-8-12-23)16-26(37)17-27(34)24-13-9-6-10-14-24/h5-14,19-22,25-27,29,37H,15-18,33-34H2,1-4H3,(H,35,39). The van der Waals surface area contributed by atoms with Crippen LogP contribution in [0.5, 0.6) is 0 Å². The summed E-state index contributed by atoms with van der Waals surface area (Å²) in [6.45, 7) is 8.05. The summed E-state index contributed by atoms with van der Waals surface area (Å²) in [7, 11) is 0. The van der Waals surface area contributed by atoms with Gasteiger partial charge in [0.1, 0.15) is 11.7 Å². The number of hydrogen-bond donors (Lipinski definition) is 4. The number of benzene rings is 2. The third-order valence-corrected chi connectivity index (χ3v) is 8.57. The highest BCUT2D eigenvalue weighted by Crippen LogP contribution is 2.28. The lowest BCUT2D eigenvalue weighted by Gasteiger charge is -2.28. The summed E-state index contributed by atoms with van der Waals surface area (Å²) in [6, 6.07) is 18.6. The van der Waals surface area contributed by atoms with Crippen molar-refractivity contribution in [2.45, 2.75) is 71.1 Å². The Balaban J connectivity index is 1.80. The Bertz CT molecular complexity index is 1200. The van der Waals surface area contributed by atoms with E-state index in [1.807, 2.05) is 79.9 Å². The van der Waals surface area contributed by atoms with Crippen LogP contribution in [0.2, 0.25) is 0 Å². The number of thiazole rings is 1. The zero-order chi connectivity index (χ0) is 29.2. The lowest BCUT2D eigenvalue weighted by Crippen LogP contribution is -2.45. The van der Waals surface area contributed by atoms with Crippen molar-refractivity contribution in [3.63, 3.8) is 0 Å². The van der Waals surface area contributed by atoms with Gasteiger partial charge in [-0.2, -0.15) is 0 Å². The molecule has 0 bridgehead atoms. The number of nitrogens with two attached hydrogens (primary N) is 2. The molecule has 1 heterocycles. The summed E-state index contributed by atoms with van der Waals surface area (Å²) >= 11 is 1.57. The zero-order valence-electron chi connectivity index (χ0n) is 24.0. The van der Waals surface area contributed by atoms with Gasteiger partial charge in [0.05, 0.1) is 22.8 Å². The predicted octanol–water partition coefficient (Wildman–Crippen LogP) is 4.92. The first kappa shape index (κ1) is 31.6. The Hall–Kier alpha value is -2.91. The quantitative estimate of drug-likeness (QED) is 0.194. The Morgan fingerprint density at radius 3 is 2.17 bits per heavy atom. The first-order valence-corrected chi connectivity index (χ1v) is 15.0. The van der Waals surface area contributed by atoms with Gasteiger partial charge in [0.2, 0.25) is 5.91 Å². The monoisotopic (exact) mass is 564 g/mol. The van der Waals surface area contributed by atoms with Crippen molar-refractivity contribution in [2.24, 2.45) is 29.2 Å². The highest BCUT2D eigenvalue weighted by Gasteiger charge is 2.37. The van der Waals surface area contributed by atoms with Crippen LogP contribution in [0.15, 0.2) is 66.0 Å². The summed E-state index contributed by atoms with van der Waals surface area (Å²) in [5, 5.41) is 17.0. The molecule has 3 rings (SSSR count). The lowest BCUT2D eigenvalue weighted by atomic mass is 9.78. The molecule has 216 valence electrons. The smallest absolute Gasteiger partial charge is 0.231 e. The van der Waals surface area contributed by atoms with Crippen molar-refractivity contribution >= 4 is 23.0 Å². The van der Waals surface area contributed by atoms with Gasteiger partial charge in [0.15, 0.2) is 0 Å². The highest BCUT2D eigenvalue weighted by atomic mass is 32.1. The van der Waals surface area contributed by atoms with Crippen LogP contribution in [0, 0.1) is 17.8 Å². The molecule has 6 atom stereocenters. The van der Waals surface area contributed by atoms with Gasteiger partial charge in [0, 0.05) is 23.3 Å². The summed E-state index contributed by atoms with van der Waals surface area (Å²) in [4.78, 5) is 32.4. The van der Waals surface area contributed by atoms with E-state index in [1.54, 1.807) is 11.3 Å². The largest absolute Gasteiger partial charge is 0.393 e. The lowest BCUT2D eigenvalue weighted by molar-refractivity contribution is -0.139. The van der Waals surface area contributed by atoms with E-state index in [0.717, 1.165) is 21.8 Å². The minimum Gasteiger partial charge on any atom is -0.393 e. The topological polar surface area (TPSA) is 131 Å². The molecule has 0 aliphatic heterocycles. The second kappa shape index (κ2) is 15.2. The molecule has 0 saturated heterocycles. The van der Waals surface area contributed by atoms with Crippen molar-refractivity contribution in [1.82, 2.24) is 10.3 Å². The number of carbonyl (C=O) groups excluding carboxylic acids is 2. The number of nitrogens with one attached hydrogen (secondary N) is 1. The molecule has 8 heteroatoms. The fourth-order valence-electron chi connectivity index (χ4n) is 4.95. The Kier molecular flexibility index (Phi) is 12.0. The number of nitrogens with zero attached hydrogens (tertiary/aromatic N) is 1. The fourth-order valence-corrected chi connectivity index (χ4v) is 5.88. The maximum absolute atomic E-state index is 14.1. The molecule has 1 aromatic heterocycles. The third kappa shape index (κ3) is 8.80. The van der Waals surface area contributed by atoms with E-state index in [4.69, 9.17) is 11.5 Å². The predicted molar refractivity (Wildman–Crippen MR) is 162 cm³/mol. The van der Waals surface area contributed by atoms with Gasteiger partial charge in [-0.1, -0.05) is 81.4 Å². The molecule has 3 aromatic rings. The number of carbonyl (C=O) groups is 2. The fraction of sp³-hybridized carbons (Fsp3) is 0.469. The van der Waals surface area contributed by atoms with E-state index < -0.39 is 17.9 Å². The van der Waals surface area contributed by atoms with Gasteiger partial charge in [-0.15, -0.1) is 11.3 Å². The number of Topliss-reactive ketones (excluding diaryl/α,β-unsaturated/α-hetero) is 1. The van der Waals surface area contributed by atoms with E-state index in [9.17, 15) is 14.7 Å². The Morgan fingerprint density at radius 2 is 1.60 bits per heavy atom. The average Bonchev–Trinajstić information content (AvgIpc) is 3.45. The zero-order valence-corrected chi connectivity index (χ0v) is 24.8. The number of rotatable bonds is 15.